The predicted molar refractivity (Wildman–Crippen MR) is 154 cm³/mol. The van der Waals surface area contributed by atoms with Gasteiger partial charge >= 0.3 is 11.9 Å². The second-order valence-corrected chi connectivity index (χ2v) is 11.3. The number of aromatic nitrogens is 1. The van der Waals surface area contributed by atoms with E-state index < -0.39 is 24.1 Å². The summed E-state index contributed by atoms with van der Waals surface area (Å²) in [6, 6.07) is 13.3. The highest BCUT2D eigenvalue weighted by molar-refractivity contribution is 5.86. The second kappa shape index (κ2) is 11.9. The first-order chi connectivity index (χ1) is 20.4. The number of piperidine rings is 1. The first-order valence-electron chi connectivity index (χ1n) is 14.4. The molecule has 6 rings (SSSR count). The summed E-state index contributed by atoms with van der Waals surface area (Å²) in [6.07, 6.45) is 1.11. The van der Waals surface area contributed by atoms with Gasteiger partial charge in [-0.05, 0) is 73.1 Å². The number of nitrogens with zero attached hydrogens (tertiary/aromatic N) is 1. The average molecular weight is 579 g/mol. The fourth-order valence-electron chi connectivity index (χ4n) is 7.37. The Balaban J connectivity index is 1.21. The molecule has 42 heavy (non-hydrogen) atoms. The number of hydrogen-bond acceptors (Lipinski definition) is 9. The molecule has 1 saturated carbocycles. The highest BCUT2D eigenvalue weighted by atomic mass is 16.6. The van der Waals surface area contributed by atoms with Crippen LogP contribution >= 0.6 is 0 Å². The Labute approximate surface area is 245 Å². The molecule has 2 aliphatic heterocycles. The number of benzene rings is 2. The quantitative estimate of drug-likeness (QED) is 0.398. The van der Waals surface area contributed by atoms with Crippen molar-refractivity contribution in [3.63, 3.8) is 0 Å². The molecular formula is C32H38N2O8. The summed E-state index contributed by atoms with van der Waals surface area (Å²) in [5.41, 5.74) is 3.62. The maximum atomic E-state index is 13.3. The van der Waals surface area contributed by atoms with Gasteiger partial charge in [-0.1, -0.05) is 0 Å². The number of rotatable bonds is 8. The van der Waals surface area contributed by atoms with Crippen LogP contribution in [0.1, 0.15) is 30.1 Å². The Bertz CT molecular complexity index is 1440. The smallest absolute Gasteiger partial charge is 0.344 e. The van der Waals surface area contributed by atoms with Gasteiger partial charge in [-0.15, -0.1) is 0 Å². The van der Waals surface area contributed by atoms with Gasteiger partial charge in [0, 0.05) is 42.9 Å². The molecule has 0 amide bonds. The van der Waals surface area contributed by atoms with Crippen LogP contribution in [0.2, 0.25) is 0 Å². The van der Waals surface area contributed by atoms with E-state index in [1.165, 1.54) is 23.8 Å². The third-order valence-electron chi connectivity index (χ3n) is 9.30. The van der Waals surface area contributed by atoms with Crippen LogP contribution in [0.25, 0.3) is 10.9 Å². The third-order valence-corrected chi connectivity index (χ3v) is 9.30. The number of esters is 2. The van der Waals surface area contributed by atoms with Crippen molar-refractivity contribution in [3.05, 3.63) is 53.7 Å². The molecule has 224 valence electrons. The fraction of sp³-hybridized carbons (Fsp3) is 0.500. The van der Waals surface area contributed by atoms with Crippen LogP contribution < -0.4 is 14.2 Å². The predicted octanol–water partition coefficient (Wildman–Crippen LogP) is 3.92. The molecule has 2 unspecified atom stereocenters. The van der Waals surface area contributed by atoms with E-state index >= 15 is 0 Å². The Hall–Kier alpha value is -3.76. The van der Waals surface area contributed by atoms with Gasteiger partial charge in [0.1, 0.15) is 29.5 Å². The number of fused-ring (bicyclic) bond motifs is 6. The number of nitrogens with one attached hydrogen (secondary N) is 1. The molecule has 0 spiro atoms. The van der Waals surface area contributed by atoms with E-state index in [0.29, 0.717) is 17.9 Å². The Morgan fingerprint density at radius 3 is 2.40 bits per heavy atom. The summed E-state index contributed by atoms with van der Waals surface area (Å²) in [6.45, 7) is 1.48. The van der Waals surface area contributed by atoms with E-state index in [1.807, 2.05) is 12.1 Å². The lowest BCUT2D eigenvalue weighted by atomic mass is 9.64. The van der Waals surface area contributed by atoms with Crippen molar-refractivity contribution in [3.8, 4) is 17.2 Å². The van der Waals surface area contributed by atoms with Crippen LogP contribution in [0, 0.1) is 17.8 Å². The van der Waals surface area contributed by atoms with Crippen molar-refractivity contribution in [2.45, 2.75) is 37.5 Å². The lowest BCUT2D eigenvalue weighted by molar-refractivity contribution is -0.190. The summed E-state index contributed by atoms with van der Waals surface area (Å²) >= 11 is 0. The first kappa shape index (κ1) is 28.4. The number of aromatic amines is 1. The molecule has 0 bridgehead atoms. The summed E-state index contributed by atoms with van der Waals surface area (Å²) in [5, 5.41) is 1.22. The van der Waals surface area contributed by atoms with Crippen molar-refractivity contribution in [2.75, 3.05) is 48.1 Å². The van der Waals surface area contributed by atoms with Crippen LogP contribution in [0.4, 0.5) is 0 Å². The second-order valence-electron chi connectivity index (χ2n) is 11.3. The number of hydrogen-bond donors (Lipinski definition) is 1. The molecule has 1 N–H and O–H groups in total. The monoisotopic (exact) mass is 578 g/mol. The van der Waals surface area contributed by atoms with Crippen LogP contribution in [0.3, 0.4) is 0 Å². The van der Waals surface area contributed by atoms with Crippen molar-refractivity contribution < 1.29 is 38.0 Å². The lowest BCUT2D eigenvalue weighted by Gasteiger charge is -2.52. The van der Waals surface area contributed by atoms with Gasteiger partial charge < -0.3 is 33.4 Å². The van der Waals surface area contributed by atoms with Crippen LogP contribution in [-0.4, -0.2) is 82.2 Å². The van der Waals surface area contributed by atoms with Gasteiger partial charge in [0.15, 0.2) is 6.61 Å². The zero-order chi connectivity index (χ0) is 29.4. The zero-order valence-electron chi connectivity index (χ0n) is 24.5. The molecule has 1 aliphatic carbocycles. The van der Waals surface area contributed by atoms with E-state index in [1.54, 1.807) is 45.6 Å². The van der Waals surface area contributed by atoms with E-state index in [2.05, 4.69) is 16.0 Å². The Morgan fingerprint density at radius 1 is 0.952 bits per heavy atom. The molecule has 6 atom stereocenters. The van der Waals surface area contributed by atoms with E-state index in [9.17, 15) is 9.59 Å². The SMILES string of the molecule is COC(=O)C1[C@@H](OC)C(OC(=O)COc2ccc(OC)cc2)C[C@@H]2CN3CCc4c([nH]c5cc(OC)ccc45)[C@H]3C[C@H]12. The molecule has 3 heterocycles. The van der Waals surface area contributed by atoms with E-state index in [4.69, 9.17) is 28.4 Å². The minimum Gasteiger partial charge on any atom is -0.497 e. The summed E-state index contributed by atoms with van der Waals surface area (Å²) in [5.74, 6) is 0.800. The number of H-pyrrole nitrogens is 1. The Morgan fingerprint density at radius 2 is 1.69 bits per heavy atom. The zero-order valence-corrected chi connectivity index (χ0v) is 24.5. The van der Waals surface area contributed by atoms with Crippen molar-refractivity contribution in [1.29, 1.82) is 0 Å². The summed E-state index contributed by atoms with van der Waals surface area (Å²) in [7, 11) is 6.23. The molecule has 2 aromatic carbocycles. The molecular weight excluding hydrogens is 540 g/mol. The van der Waals surface area contributed by atoms with Gasteiger partial charge in [-0.2, -0.15) is 0 Å². The van der Waals surface area contributed by atoms with Crippen LogP contribution in [0.5, 0.6) is 17.2 Å². The van der Waals surface area contributed by atoms with Crippen molar-refractivity contribution >= 4 is 22.8 Å². The van der Waals surface area contributed by atoms with Gasteiger partial charge in [0.25, 0.3) is 0 Å². The number of ether oxygens (including phenoxy) is 6. The molecule has 2 fully saturated rings. The summed E-state index contributed by atoms with van der Waals surface area (Å²) in [4.78, 5) is 32.4. The number of carbonyl (C=O) groups is 2. The third kappa shape index (κ3) is 5.18. The molecule has 10 nitrogen and oxygen atoms in total. The van der Waals surface area contributed by atoms with Gasteiger partial charge in [-0.3, -0.25) is 9.69 Å². The molecule has 1 aromatic heterocycles. The van der Waals surface area contributed by atoms with Crippen LogP contribution in [0.15, 0.2) is 42.5 Å². The highest BCUT2D eigenvalue weighted by Crippen LogP contribution is 2.50. The highest BCUT2D eigenvalue weighted by Gasteiger charge is 2.54. The standard InChI is InChI=1S/C32H38N2O8/c1-37-19-5-7-20(8-6-19)41-17-28(35)42-27-13-18-16-34-12-11-23-22-10-9-21(38-2)14-25(22)33-30(23)26(34)15-24(18)29(31(27)39-3)32(36)40-4/h5-10,14,18,24,26-27,29,31,33H,11-13,15-17H2,1-4H3/t18-,24+,26-,27?,29?,31+/m1/s1. The van der Waals surface area contributed by atoms with E-state index in [0.717, 1.165) is 37.2 Å². The minimum absolute atomic E-state index is 0.0149. The molecule has 1 saturated heterocycles. The topological polar surface area (TPSA) is 109 Å². The maximum Gasteiger partial charge on any atom is 0.344 e. The minimum atomic E-state index is -0.620. The van der Waals surface area contributed by atoms with Gasteiger partial charge in [-0.25, -0.2) is 4.79 Å². The van der Waals surface area contributed by atoms with E-state index in [-0.39, 0.29) is 30.5 Å². The largest absolute Gasteiger partial charge is 0.497 e. The number of methoxy groups -OCH3 is 4. The van der Waals surface area contributed by atoms with Crippen molar-refractivity contribution in [1.82, 2.24) is 9.88 Å². The van der Waals surface area contributed by atoms with Crippen molar-refractivity contribution in [2.24, 2.45) is 17.8 Å². The maximum absolute atomic E-state index is 13.3. The molecule has 10 heteroatoms. The normalized spacial score (nSPS) is 26.9. The molecule has 3 aliphatic rings. The molecule has 3 aromatic rings. The number of carbonyl (C=O) groups excluding carboxylic acids is 2. The fourth-order valence-corrected chi connectivity index (χ4v) is 7.37. The van der Waals surface area contributed by atoms with Crippen LogP contribution in [-0.2, 0) is 30.2 Å². The lowest BCUT2D eigenvalue weighted by Crippen LogP contribution is -2.58. The Kier molecular flexibility index (Phi) is 8.00. The average Bonchev–Trinajstić information content (AvgIpc) is 3.40. The first-order valence-corrected chi connectivity index (χ1v) is 14.4. The van der Waals surface area contributed by atoms with Gasteiger partial charge in [0.2, 0.25) is 0 Å². The molecule has 0 radical (unpaired) electrons. The van der Waals surface area contributed by atoms with Gasteiger partial charge in [0.05, 0.1) is 33.3 Å². The summed E-state index contributed by atoms with van der Waals surface area (Å²) < 4.78 is 33.4.